The zero-order chi connectivity index (χ0) is 13.8. The molecule has 0 heterocycles. The van der Waals surface area contributed by atoms with Crippen molar-refractivity contribution in [3.8, 4) is 11.5 Å². The molecule has 7 nitrogen and oxygen atoms in total. The van der Waals surface area contributed by atoms with Gasteiger partial charge in [-0.2, -0.15) is 0 Å². The molecule has 0 aromatic heterocycles. The molecule has 0 atom stereocenters. The molecule has 1 rings (SSSR count). The van der Waals surface area contributed by atoms with Gasteiger partial charge >= 0.3 is 6.03 Å². The van der Waals surface area contributed by atoms with Crippen molar-refractivity contribution in [3.63, 3.8) is 0 Å². The van der Waals surface area contributed by atoms with E-state index in [0.717, 1.165) is 6.92 Å². The molecular formula is C11H16N2O5. The number of methoxy groups -OCH3 is 2. The van der Waals surface area contributed by atoms with E-state index >= 15 is 0 Å². The highest BCUT2D eigenvalue weighted by Crippen LogP contribution is 2.29. The van der Waals surface area contributed by atoms with Crippen molar-refractivity contribution < 1.29 is 24.5 Å². The van der Waals surface area contributed by atoms with Gasteiger partial charge in [0.25, 0.3) is 0 Å². The van der Waals surface area contributed by atoms with Crippen LogP contribution >= 0.6 is 0 Å². The number of urea groups is 1. The molecule has 0 spiro atoms. The van der Waals surface area contributed by atoms with Gasteiger partial charge in [-0.1, -0.05) is 0 Å². The normalized spacial score (nSPS) is 10.7. The van der Waals surface area contributed by atoms with Crippen LogP contribution in [0.25, 0.3) is 0 Å². The van der Waals surface area contributed by atoms with Crippen molar-refractivity contribution in [2.45, 2.75) is 12.8 Å². The molecule has 0 saturated heterocycles. The Morgan fingerprint density at radius 1 is 1.22 bits per heavy atom. The predicted molar refractivity (Wildman–Crippen MR) is 64.5 cm³/mol. The third-order valence-corrected chi connectivity index (χ3v) is 1.99. The maximum atomic E-state index is 11.4. The topological polar surface area (TPSA) is 100 Å². The van der Waals surface area contributed by atoms with Crippen LogP contribution < -0.4 is 20.1 Å². The van der Waals surface area contributed by atoms with Gasteiger partial charge in [0, 0.05) is 18.7 Å². The summed E-state index contributed by atoms with van der Waals surface area (Å²) in [4.78, 5) is 11.4. The lowest BCUT2D eigenvalue weighted by Crippen LogP contribution is -2.47. The first-order valence-corrected chi connectivity index (χ1v) is 5.11. The summed E-state index contributed by atoms with van der Waals surface area (Å²) in [6.45, 7) is 1.03. The molecule has 1 aromatic rings. The van der Waals surface area contributed by atoms with Crippen LogP contribution in [0.4, 0.5) is 10.5 Å². The van der Waals surface area contributed by atoms with E-state index in [1.165, 1.54) is 14.2 Å². The first-order valence-electron chi connectivity index (χ1n) is 5.11. The number of hydrogen-bond acceptors (Lipinski definition) is 5. The Balaban J connectivity index is 2.76. The number of aliphatic hydroxyl groups is 2. The summed E-state index contributed by atoms with van der Waals surface area (Å²) in [7, 11) is 2.97. The van der Waals surface area contributed by atoms with Gasteiger partial charge < -0.3 is 25.0 Å². The Labute approximate surface area is 104 Å². The molecule has 0 aliphatic heterocycles. The van der Waals surface area contributed by atoms with Crippen molar-refractivity contribution in [2.24, 2.45) is 0 Å². The van der Waals surface area contributed by atoms with Crippen LogP contribution in [0.3, 0.4) is 0 Å². The lowest BCUT2D eigenvalue weighted by molar-refractivity contribution is -0.158. The van der Waals surface area contributed by atoms with Gasteiger partial charge in [-0.25, -0.2) is 4.79 Å². The van der Waals surface area contributed by atoms with Crippen molar-refractivity contribution in [3.05, 3.63) is 18.2 Å². The molecule has 100 valence electrons. The number of rotatable bonds is 4. The summed E-state index contributed by atoms with van der Waals surface area (Å²) in [5.74, 6) is -1.30. The average Bonchev–Trinajstić information content (AvgIpc) is 2.26. The molecule has 0 saturated carbocycles. The fraction of sp³-hybridized carbons (Fsp3) is 0.364. The fourth-order valence-corrected chi connectivity index (χ4v) is 1.29. The van der Waals surface area contributed by atoms with Crippen LogP contribution in [-0.2, 0) is 0 Å². The number of carbonyl (C=O) groups excluding carboxylic acids is 1. The predicted octanol–water partition coefficient (Wildman–Crippen LogP) is 0.484. The number of anilines is 1. The number of ether oxygens (including phenoxy) is 2. The second kappa shape index (κ2) is 5.56. The number of nitrogens with one attached hydrogen (secondary N) is 2. The van der Waals surface area contributed by atoms with E-state index in [1.807, 2.05) is 5.32 Å². The zero-order valence-corrected chi connectivity index (χ0v) is 10.4. The van der Waals surface area contributed by atoms with E-state index in [0.29, 0.717) is 17.2 Å². The molecule has 4 N–H and O–H groups in total. The van der Waals surface area contributed by atoms with Crippen LogP contribution in [0.2, 0.25) is 0 Å². The van der Waals surface area contributed by atoms with E-state index in [9.17, 15) is 4.79 Å². The van der Waals surface area contributed by atoms with E-state index in [2.05, 4.69) is 5.32 Å². The van der Waals surface area contributed by atoms with E-state index in [1.54, 1.807) is 18.2 Å². The van der Waals surface area contributed by atoms with Crippen molar-refractivity contribution in [1.29, 1.82) is 0 Å². The zero-order valence-electron chi connectivity index (χ0n) is 10.4. The summed E-state index contributed by atoms with van der Waals surface area (Å²) in [6.07, 6.45) is 0. The number of benzene rings is 1. The van der Waals surface area contributed by atoms with E-state index < -0.39 is 11.9 Å². The summed E-state index contributed by atoms with van der Waals surface area (Å²) in [6, 6.07) is 4.00. The molecule has 0 radical (unpaired) electrons. The van der Waals surface area contributed by atoms with Gasteiger partial charge in [-0.3, -0.25) is 5.32 Å². The van der Waals surface area contributed by atoms with Gasteiger partial charge in [-0.05, 0) is 12.1 Å². The molecule has 1 aromatic carbocycles. The summed E-state index contributed by atoms with van der Waals surface area (Å²) in [5, 5.41) is 22.3. The van der Waals surface area contributed by atoms with Crippen molar-refractivity contribution in [2.75, 3.05) is 19.5 Å². The maximum Gasteiger partial charge on any atom is 0.323 e. The van der Waals surface area contributed by atoms with Crippen LogP contribution in [0.15, 0.2) is 18.2 Å². The van der Waals surface area contributed by atoms with Crippen molar-refractivity contribution >= 4 is 11.7 Å². The molecule has 0 unspecified atom stereocenters. The minimum Gasteiger partial charge on any atom is -0.493 e. The van der Waals surface area contributed by atoms with Crippen LogP contribution in [0.1, 0.15) is 6.92 Å². The smallest absolute Gasteiger partial charge is 0.323 e. The molecule has 0 aliphatic carbocycles. The maximum absolute atomic E-state index is 11.4. The molecule has 0 aliphatic rings. The molecular weight excluding hydrogens is 240 g/mol. The number of hydrogen-bond donors (Lipinski definition) is 4. The Kier molecular flexibility index (Phi) is 4.35. The third-order valence-electron chi connectivity index (χ3n) is 1.99. The molecule has 7 heteroatoms. The van der Waals surface area contributed by atoms with Gasteiger partial charge in [0.2, 0.25) is 5.91 Å². The van der Waals surface area contributed by atoms with Crippen LogP contribution in [0.5, 0.6) is 11.5 Å². The largest absolute Gasteiger partial charge is 0.493 e. The Hall–Kier alpha value is -1.99. The van der Waals surface area contributed by atoms with E-state index in [4.69, 9.17) is 19.7 Å². The van der Waals surface area contributed by atoms with E-state index in [-0.39, 0.29) is 0 Å². The number of amides is 2. The average molecular weight is 256 g/mol. The second-order valence-electron chi connectivity index (χ2n) is 3.67. The molecule has 18 heavy (non-hydrogen) atoms. The minimum absolute atomic E-state index is 0.425. The molecule has 0 bridgehead atoms. The van der Waals surface area contributed by atoms with Crippen LogP contribution in [0, 0.1) is 0 Å². The standard InChI is InChI=1S/C11H16N2O5/c1-11(15,16)13-10(14)12-7-4-5-8(17-2)9(6-7)18-3/h4-6,15-16H,1-3H3,(H2,12,13,14). The monoisotopic (exact) mass is 256 g/mol. The lowest BCUT2D eigenvalue weighted by atomic mass is 10.3. The Morgan fingerprint density at radius 3 is 2.33 bits per heavy atom. The highest BCUT2D eigenvalue weighted by molar-refractivity contribution is 5.89. The van der Waals surface area contributed by atoms with Crippen molar-refractivity contribution in [1.82, 2.24) is 5.32 Å². The third kappa shape index (κ3) is 4.11. The summed E-state index contributed by atoms with van der Waals surface area (Å²) >= 11 is 0. The van der Waals surface area contributed by atoms with Gasteiger partial charge in [0.1, 0.15) is 0 Å². The van der Waals surface area contributed by atoms with Gasteiger partial charge in [0.15, 0.2) is 11.5 Å². The minimum atomic E-state index is -2.28. The van der Waals surface area contributed by atoms with Crippen LogP contribution in [-0.4, -0.2) is 36.4 Å². The highest BCUT2D eigenvalue weighted by atomic mass is 16.5. The highest BCUT2D eigenvalue weighted by Gasteiger charge is 2.18. The Morgan fingerprint density at radius 2 is 1.83 bits per heavy atom. The fourth-order valence-electron chi connectivity index (χ4n) is 1.29. The first-order chi connectivity index (χ1) is 8.35. The molecule has 0 fully saturated rings. The molecule has 2 amide bonds. The Bertz CT molecular complexity index is 428. The summed E-state index contributed by atoms with van der Waals surface area (Å²) < 4.78 is 10.1. The SMILES string of the molecule is COc1ccc(NC(=O)NC(C)(O)O)cc1OC. The number of carbonyl (C=O) groups is 1. The van der Waals surface area contributed by atoms with Gasteiger partial charge in [-0.15, -0.1) is 0 Å². The summed E-state index contributed by atoms with van der Waals surface area (Å²) in [5.41, 5.74) is 0.425. The lowest BCUT2D eigenvalue weighted by Gasteiger charge is -2.18. The van der Waals surface area contributed by atoms with Gasteiger partial charge in [0.05, 0.1) is 14.2 Å². The first kappa shape index (κ1) is 14.1. The second-order valence-corrected chi connectivity index (χ2v) is 3.67. The quantitative estimate of drug-likeness (QED) is 0.587.